The minimum absolute atomic E-state index is 0.337. The van der Waals surface area contributed by atoms with Crippen LogP contribution in [0.2, 0.25) is 0 Å². The molecule has 5 atom stereocenters. The molecule has 1 aliphatic rings. The van der Waals surface area contributed by atoms with E-state index < -0.39 is 29.5 Å². The van der Waals surface area contributed by atoms with Crippen LogP contribution in [0.3, 0.4) is 0 Å². The first-order valence-electron chi connectivity index (χ1n) is 3.42. The van der Waals surface area contributed by atoms with E-state index in [0.717, 1.165) is 0 Å². The van der Waals surface area contributed by atoms with Gasteiger partial charge in [-0.1, -0.05) is 0 Å². The third-order valence-corrected chi connectivity index (χ3v) is 2.75. The number of aliphatic hydroxyl groups is 4. The van der Waals surface area contributed by atoms with Gasteiger partial charge in [0, 0.05) is 5.92 Å². The Morgan fingerprint density at radius 2 is 1.55 bits per heavy atom. The average Bonchev–Trinajstić information content (AvgIpc) is 2.17. The third-order valence-electron chi connectivity index (χ3n) is 2.14. The molecule has 1 saturated carbocycles. The molecule has 4 nitrogen and oxygen atoms in total. The summed E-state index contributed by atoms with van der Waals surface area (Å²) >= 11 is 3.88. The summed E-state index contributed by atoms with van der Waals surface area (Å²) in [5, 5.41) is 35.6. The first kappa shape index (κ1) is 9.28. The van der Waals surface area contributed by atoms with E-state index >= 15 is 0 Å². The number of hydrogen-bond acceptors (Lipinski definition) is 5. The minimum Gasteiger partial charge on any atom is -0.396 e. The standard InChI is InChI=1S/C6H12O4S/c7-1-2-3(8)5(10)6(11)4(2)9/h2-11H,1H2/t2-,3-,4-,5+,6+/m0/s1. The van der Waals surface area contributed by atoms with Crippen molar-refractivity contribution in [3.8, 4) is 0 Å². The van der Waals surface area contributed by atoms with Gasteiger partial charge in [0.2, 0.25) is 0 Å². The van der Waals surface area contributed by atoms with Gasteiger partial charge in [-0.2, -0.15) is 12.6 Å². The van der Waals surface area contributed by atoms with Crippen molar-refractivity contribution in [1.29, 1.82) is 0 Å². The van der Waals surface area contributed by atoms with Crippen LogP contribution in [-0.2, 0) is 0 Å². The third kappa shape index (κ3) is 1.39. The quantitative estimate of drug-likeness (QED) is 0.302. The Labute approximate surface area is 69.9 Å². The Bertz CT molecular complexity index is 129. The van der Waals surface area contributed by atoms with Crippen LogP contribution < -0.4 is 0 Å². The van der Waals surface area contributed by atoms with Gasteiger partial charge in [-0.15, -0.1) is 0 Å². The Morgan fingerprint density at radius 1 is 1.00 bits per heavy atom. The fourth-order valence-electron chi connectivity index (χ4n) is 1.33. The number of hydrogen-bond donors (Lipinski definition) is 5. The fourth-order valence-corrected chi connectivity index (χ4v) is 1.73. The molecule has 0 aromatic heterocycles. The highest BCUT2D eigenvalue weighted by Crippen LogP contribution is 2.30. The smallest absolute Gasteiger partial charge is 0.0944 e. The van der Waals surface area contributed by atoms with E-state index in [1.807, 2.05) is 0 Å². The van der Waals surface area contributed by atoms with Gasteiger partial charge in [-0.25, -0.2) is 0 Å². The Hall–Kier alpha value is 0.190. The van der Waals surface area contributed by atoms with Gasteiger partial charge in [0.1, 0.15) is 0 Å². The number of thiol groups is 1. The summed E-state index contributed by atoms with van der Waals surface area (Å²) in [6.45, 7) is -0.337. The second kappa shape index (κ2) is 3.28. The maximum Gasteiger partial charge on any atom is 0.0944 e. The van der Waals surface area contributed by atoms with E-state index in [2.05, 4.69) is 12.6 Å². The van der Waals surface area contributed by atoms with Gasteiger partial charge in [0.05, 0.1) is 30.2 Å². The van der Waals surface area contributed by atoms with Crippen LogP contribution in [0.5, 0.6) is 0 Å². The van der Waals surface area contributed by atoms with Gasteiger partial charge in [0.25, 0.3) is 0 Å². The summed E-state index contributed by atoms with van der Waals surface area (Å²) in [5.41, 5.74) is 0. The van der Waals surface area contributed by atoms with Crippen LogP contribution in [-0.4, -0.2) is 50.6 Å². The molecular formula is C6H12O4S. The lowest BCUT2D eigenvalue weighted by Crippen LogP contribution is -2.30. The molecule has 0 unspecified atom stereocenters. The van der Waals surface area contributed by atoms with Crippen LogP contribution in [0.4, 0.5) is 0 Å². The second-order valence-electron chi connectivity index (χ2n) is 2.81. The molecule has 0 radical (unpaired) electrons. The van der Waals surface area contributed by atoms with Crippen molar-refractivity contribution < 1.29 is 20.4 Å². The summed E-state index contributed by atoms with van der Waals surface area (Å²) in [6.07, 6.45) is -3.06. The summed E-state index contributed by atoms with van der Waals surface area (Å²) in [6, 6.07) is 0. The Balaban J connectivity index is 2.69. The SMILES string of the molecule is OC[C@H]1[C@H](O)[C@@H](O)[C@H](S)[C@H]1O. The molecule has 5 heteroatoms. The van der Waals surface area contributed by atoms with Crippen LogP contribution in [0.1, 0.15) is 0 Å². The monoisotopic (exact) mass is 180 g/mol. The van der Waals surface area contributed by atoms with Crippen molar-refractivity contribution in [2.24, 2.45) is 5.92 Å². The topological polar surface area (TPSA) is 80.9 Å². The van der Waals surface area contributed by atoms with Crippen LogP contribution in [0.25, 0.3) is 0 Å². The molecule has 1 fully saturated rings. The van der Waals surface area contributed by atoms with Crippen molar-refractivity contribution in [2.45, 2.75) is 23.6 Å². The van der Waals surface area contributed by atoms with Crippen molar-refractivity contribution >= 4 is 12.6 Å². The molecule has 0 aromatic carbocycles. The second-order valence-corrected chi connectivity index (χ2v) is 3.41. The van der Waals surface area contributed by atoms with Crippen LogP contribution >= 0.6 is 12.6 Å². The molecule has 1 rings (SSSR count). The van der Waals surface area contributed by atoms with E-state index in [4.69, 9.17) is 10.2 Å². The van der Waals surface area contributed by atoms with E-state index in [1.54, 1.807) is 0 Å². The molecule has 0 spiro atoms. The zero-order chi connectivity index (χ0) is 8.59. The van der Waals surface area contributed by atoms with Crippen molar-refractivity contribution in [2.75, 3.05) is 6.61 Å². The maximum atomic E-state index is 9.24. The largest absolute Gasteiger partial charge is 0.396 e. The molecule has 0 aliphatic heterocycles. The molecule has 11 heavy (non-hydrogen) atoms. The molecule has 0 aromatic rings. The lowest BCUT2D eigenvalue weighted by Gasteiger charge is -2.14. The van der Waals surface area contributed by atoms with Gasteiger partial charge in [-0.05, 0) is 0 Å². The molecule has 66 valence electrons. The molecule has 0 saturated heterocycles. The predicted molar refractivity (Wildman–Crippen MR) is 41.4 cm³/mol. The number of aliphatic hydroxyl groups excluding tert-OH is 4. The average molecular weight is 180 g/mol. The first-order valence-corrected chi connectivity index (χ1v) is 3.94. The summed E-state index contributed by atoms with van der Waals surface area (Å²) in [4.78, 5) is 0. The van der Waals surface area contributed by atoms with Gasteiger partial charge in [-0.3, -0.25) is 0 Å². The maximum absolute atomic E-state index is 9.24. The summed E-state index contributed by atoms with van der Waals surface area (Å²) < 4.78 is 0. The molecule has 0 bridgehead atoms. The highest BCUT2D eigenvalue weighted by molar-refractivity contribution is 7.81. The summed E-state index contributed by atoms with van der Waals surface area (Å²) in [5.74, 6) is -0.674. The predicted octanol–water partition coefficient (Wildman–Crippen LogP) is -2.01. The van der Waals surface area contributed by atoms with Crippen molar-refractivity contribution in [3.05, 3.63) is 0 Å². The minimum atomic E-state index is -1.07. The first-order chi connectivity index (χ1) is 5.09. The van der Waals surface area contributed by atoms with Gasteiger partial charge >= 0.3 is 0 Å². The normalized spacial score (nSPS) is 51.5. The lowest BCUT2D eigenvalue weighted by molar-refractivity contribution is -0.00568. The molecule has 1 aliphatic carbocycles. The van der Waals surface area contributed by atoms with Gasteiger partial charge < -0.3 is 20.4 Å². The van der Waals surface area contributed by atoms with Crippen LogP contribution in [0.15, 0.2) is 0 Å². The zero-order valence-electron chi connectivity index (χ0n) is 5.83. The lowest BCUT2D eigenvalue weighted by atomic mass is 10.1. The zero-order valence-corrected chi connectivity index (χ0v) is 6.72. The summed E-state index contributed by atoms with van der Waals surface area (Å²) in [7, 11) is 0. The van der Waals surface area contributed by atoms with Gasteiger partial charge in [0.15, 0.2) is 0 Å². The van der Waals surface area contributed by atoms with E-state index in [0.29, 0.717) is 0 Å². The highest BCUT2D eigenvalue weighted by atomic mass is 32.1. The Kier molecular flexibility index (Phi) is 2.77. The van der Waals surface area contributed by atoms with E-state index in [-0.39, 0.29) is 6.61 Å². The Morgan fingerprint density at radius 3 is 1.73 bits per heavy atom. The molecule has 4 N–H and O–H groups in total. The van der Waals surface area contributed by atoms with Crippen molar-refractivity contribution in [1.82, 2.24) is 0 Å². The molecule has 0 heterocycles. The fraction of sp³-hybridized carbons (Fsp3) is 1.00. The van der Waals surface area contributed by atoms with E-state index in [1.165, 1.54) is 0 Å². The molecule has 0 amide bonds. The van der Waals surface area contributed by atoms with Crippen LogP contribution in [0, 0.1) is 5.92 Å². The molecular weight excluding hydrogens is 168 g/mol. The highest BCUT2D eigenvalue weighted by Gasteiger charge is 2.46. The number of rotatable bonds is 1. The van der Waals surface area contributed by atoms with Crippen molar-refractivity contribution in [3.63, 3.8) is 0 Å². The van der Waals surface area contributed by atoms with E-state index in [9.17, 15) is 10.2 Å².